The number of nitrogens with zero attached hydrogens (tertiary/aromatic N) is 2. The van der Waals surface area contributed by atoms with Gasteiger partial charge >= 0.3 is 0 Å². The van der Waals surface area contributed by atoms with Crippen LogP contribution in [0, 0.1) is 6.92 Å². The number of rotatable bonds is 2. The average molecular weight is 312 g/mol. The summed E-state index contributed by atoms with van der Waals surface area (Å²) in [6.45, 7) is 6.26. The molecule has 122 valence electrons. The Bertz CT molecular complexity index is 784. The van der Waals surface area contributed by atoms with Gasteiger partial charge in [-0.2, -0.15) is 0 Å². The van der Waals surface area contributed by atoms with E-state index in [9.17, 15) is 9.59 Å². The van der Waals surface area contributed by atoms with Gasteiger partial charge in [0.1, 0.15) is 5.56 Å². The van der Waals surface area contributed by atoms with E-state index >= 15 is 0 Å². The Labute approximate surface area is 136 Å². The minimum atomic E-state index is -0.136. The number of fused-ring (bicyclic) bond motifs is 1. The van der Waals surface area contributed by atoms with Gasteiger partial charge in [-0.05, 0) is 38.8 Å². The van der Waals surface area contributed by atoms with E-state index in [-0.39, 0.29) is 11.3 Å². The standard InChI is InChI=1S/C19H24N2O2/c1-3-20-13-16(19(23)21-10-6-4-5-7-11-21)18(22)15-12-14(2)8-9-17(15)20/h8-9,12-13H,3-7,10-11H2,1-2H3. The maximum Gasteiger partial charge on any atom is 0.259 e. The summed E-state index contributed by atoms with van der Waals surface area (Å²) in [5.74, 6) is -0.109. The van der Waals surface area contributed by atoms with Crippen molar-refractivity contribution in [2.75, 3.05) is 13.1 Å². The van der Waals surface area contributed by atoms with Gasteiger partial charge in [0.05, 0.1) is 5.52 Å². The summed E-state index contributed by atoms with van der Waals surface area (Å²) < 4.78 is 2.00. The summed E-state index contributed by atoms with van der Waals surface area (Å²) in [6, 6.07) is 5.86. The number of carbonyl (C=O) groups is 1. The summed E-state index contributed by atoms with van der Waals surface area (Å²) in [7, 11) is 0. The lowest BCUT2D eigenvalue weighted by Crippen LogP contribution is -2.35. The van der Waals surface area contributed by atoms with Gasteiger partial charge in [0.2, 0.25) is 5.43 Å². The zero-order valence-corrected chi connectivity index (χ0v) is 14.0. The molecule has 2 aromatic rings. The number of hydrogen-bond donors (Lipinski definition) is 0. The van der Waals surface area contributed by atoms with Gasteiger partial charge in [-0.25, -0.2) is 0 Å². The van der Waals surface area contributed by atoms with E-state index in [4.69, 9.17) is 0 Å². The molecule has 0 saturated carbocycles. The zero-order chi connectivity index (χ0) is 16.4. The Morgan fingerprint density at radius 2 is 1.83 bits per heavy atom. The maximum absolute atomic E-state index is 12.9. The molecule has 1 amide bonds. The highest BCUT2D eigenvalue weighted by molar-refractivity contribution is 5.97. The van der Waals surface area contributed by atoms with Gasteiger partial charge in [0.15, 0.2) is 0 Å². The topological polar surface area (TPSA) is 42.3 Å². The van der Waals surface area contributed by atoms with E-state index in [1.807, 2.05) is 41.5 Å². The number of aromatic nitrogens is 1. The largest absolute Gasteiger partial charge is 0.347 e. The van der Waals surface area contributed by atoms with Crippen molar-refractivity contribution >= 4 is 16.8 Å². The first-order valence-corrected chi connectivity index (χ1v) is 8.55. The fraction of sp³-hybridized carbons (Fsp3) is 0.474. The second-order valence-electron chi connectivity index (χ2n) is 6.38. The second kappa shape index (κ2) is 6.57. The third-order valence-electron chi connectivity index (χ3n) is 4.70. The smallest absolute Gasteiger partial charge is 0.259 e. The molecule has 1 aromatic heterocycles. The lowest BCUT2D eigenvalue weighted by atomic mass is 10.1. The van der Waals surface area contributed by atoms with Crippen molar-refractivity contribution in [3.05, 3.63) is 45.7 Å². The molecule has 0 spiro atoms. The lowest BCUT2D eigenvalue weighted by molar-refractivity contribution is 0.0760. The fourth-order valence-corrected chi connectivity index (χ4v) is 3.37. The first kappa shape index (κ1) is 15.8. The van der Waals surface area contributed by atoms with Crippen LogP contribution < -0.4 is 5.43 Å². The van der Waals surface area contributed by atoms with Crippen molar-refractivity contribution in [2.45, 2.75) is 46.1 Å². The van der Waals surface area contributed by atoms with Crippen molar-refractivity contribution in [1.82, 2.24) is 9.47 Å². The predicted octanol–water partition coefficient (Wildman–Crippen LogP) is 3.35. The van der Waals surface area contributed by atoms with E-state index < -0.39 is 0 Å². The van der Waals surface area contributed by atoms with Crippen LogP contribution in [0.1, 0.15) is 48.5 Å². The summed E-state index contributed by atoms with van der Waals surface area (Å²) in [5.41, 5.74) is 2.11. The van der Waals surface area contributed by atoms with Crippen LogP contribution in [-0.2, 0) is 6.54 Å². The van der Waals surface area contributed by atoms with Crippen molar-refractivity contribution < 1.29 is 4.79 Å². The monoisotopic (exact) mass is 312 g/mol. The van der Waals surface area contributed by atoms with Crippen LogP contribution in [0.15, 0.2) is 29.2 Å². The third-order valence-corrected chi connectivity index (χ3v) is 4.70. The molecule has 1 aliphatic rings. The van der Waals surface area contributed by atoms with Crippen LogP contribution in [0.2, 0.25) is 0 Å². The number of carbonyl (C=O) groups excluding carboxylic acids is 1. The van der Waals surface area contributed by atoms with Gasteiger partial charge in [-0.15, -0.1) is 0 Å². The molecule has 0 unspecified atom stereocenters. The van der Waals surface area contributed by atoms with E-state index in [0.29, 0.717) is 10.9 Å². The summed E-state index contributed by atoms with van der Waals surface area (Å²) >= 11 is 0. The van der Waals surface area contributed by atoms with E-state index in [1.165, 1.54) is 12.8 Å². The SMILES string of the molecule is CCn1cc(C(=O)N2CCCCCC2)c(=O)c2cc(C)ccc21. The van der Waals surface area contributed by atoms with E-state index in [0.717, 1.165) is 43.6 Å². The second-order valence-corrected chi connectivity index (χ2v) is 6.38. The minimum absolute atomic E-state index is 0.109. The lowest BCUT2D eigenvalue weighted by Gasteiger charge is -2.21. The molecule has 1 fully saturated rings. The fourth-order valence-electron chi connectivity index (χ4n) is 3.37. The van der Waals surface area contributed by atoms with Crippen molar-refractivity contribution in [3.8, 4) is 0 Å². The van der Waals surface area contributed by atoms with Gasteiger partial charge in [0.25, 0.3) is 5.91 Å². The van der Waals surface area contributed by atoms with Crippen molar-refractivity contribution in [2.24, 2.45) is 0 Å². The number of likely N-dealkylation sites (tertiary alicyclic amines) is 1. The summed E-state index contributed by atoms with van der Waals surface area (Å²) in [4.78, 5) is 27.6. The number of hydrogen-bond acceptors (Lipinski definition) is 2. The molecule has 4 nitrogen and oxygen atoms in total. The number of benzene rings is 1. The third kappa shape index (κ3) is 3.03. The Morgan fingerprint density at radius 3 is 2.48 bits per heavy atom. The minimum Gasteiger partial charge on any atom is -0.347 e. The van der Waals surface area contributed by atoms with Crippen LogP contribution in [0.5, 0.6) is 0 Å². The first-order chi connectivity index (χ1) is 11.1. The summed E-state index contributed by atoms with van der Waals surface area (Å²) in [6.07, 6.45) is 6.13. The quantitative estimate of drug-likeness (QED) is 0.853. The molecule has 23 heavy (non-hydrogen) atoms. The van der Waals surface area contributed by atoms with Crippen molar-refractivity contribution in [1.29, 1.82) is 0 Å². The molecule has 1 saturated heterocycles. The number of amides is 1. The molecule has 1 aliphatic heterocycles. The van der Waals surface area contributed by atoms with Crippen LogP contribution >= 0.6 is 0 Å². The van der Waals surface area contributed by atoms with Crippen LogP contribution in [0.25, 0.3) is 10.9 Å². The molecular weight excluding hydrogens is 288 g/mol. The van der Waals surface area contributed by atoms with Gasteiger partial charge in [-0.3, -0.25) is 9.59 Å². The highest BCUT2D eigenvalue weighted by Crippen LogP contribution is 2.17. The van der Waals surface area contributed by atoms with Crippen LogP contribution in [0.3, 0.4) is 0 Å². The highest BCUT2D eigenvalue weighted by atomic mass is 16.2. The van der Waals surface area contributed by atoms with Gasteiger partial charge in [-0.1, -0.05) is 24.5 Å². The molecule has 1 aromatic carbocycles. The Hall–Kier alpha value is -2.10. The zero-order valence-electron chi connectivity index (χ0n) is 14.0. The molecular formula is C19H24N2O2. The molecule has 4 heteroatoms. The Morgan fingerprint density at radius 1 is 1.13 bits per heavy atom. The average Bonchev–Trinajstić information content (AvgIpc) is 2.84. The molecule has 0 bridgehead atoms. The molecule has 0 aliphatic carbocycles. The molecule has 3 rings (SSSR count). The Kier molecular flexibility index (Phi) is 4.51. The highest BCUT2D eigenvalue weighted by Gasteiger charge is 2.21. The molecule has 0 N–H and O–H groups in total. The van der Waals surface area contributed by atoms with Gasteiger partial charge < -0.3 is 9.47 Å². The normalized spacial score (nSPS) is 15.7. The number of pyridine rings is 1. The first-order valence-electron chi connectivity index (χ1n) is 8.55. The summed E-state index contributed by atoms with van der Waals surface area (Å²) in [5, 5.41) is 0.646. The van der Waals surface area contributed by atoms with Crippen LogP contribution in [0.4, 0.5) is 0 Å². The Balaban J connectivity index is 2.11. The predicted molar refractivity (Wildman–Crippen MR) is 93.0 cm³/mol. The van der Waals surface area contributed by atoms with E-state index in [2.05, 4.69) is 0 Å². The number of aryl methyl sites for hydroxylation is 2. The molecule has 0 radical (unpaired) electrons. The van der Waals surface area contributed by atoms with Crippen molar-refractivity contribution in [3.63, 3.8) is 0 Å². The maximum atomic E-state index is 12.9. The van der Waals surface area contributed by atoms with E-state index in [1.54, 1.807) is 6.20 Å². The van der Waals surface area contributed by atoms with Gasteiger partial charge in [0, 0.05) is 31.2 Å². The molecule has 2 heterocycles. The van der Waals surface area contributed by atoms with Crippen LogP contribution in [-0.4, -0.2) is 28.5 Å². The molecule has 0 atom stereocenters.